The number of rotatable bonds is 1. The first-order chi connectivity index (χ1) is 5.47. The van der Waals surface area contributed by atoms with Crippen molar-refractivity contribution in [3.05, 3.63) is 29.8 Å². The van der Waals surface area contributed by atoms with Gasteiger partial charge in [0.05, 0.1) is 11.2 Å². The maximum Gasteiger partial charge on any atom is 0.118 e. The van der Waals surface area contributed by atoms with Crippen molar-refractivity contribution in [2.24, 2.45) is 0 Å². The minimum Gasteiger partial charge on any atom is -0.497 e. The van der Waals surface area contributed by atoms with E-state index >= 15 is 0 Å². The van der Waals surface area contributed by atoms with Gasteiger partial charge in [-0.05, 0) is 19.1 Å². The minimum atomic E-state index is -2.35. The Morgan fingerprint density at radius 1 is 1.33 bits per heavy atom. The van der Waals surface area contributed by atoms with Gasteiger partial charge < -0.3 is 4.74 Å². The van der Waals surface area contributed by atoms with E-state index in [4.69, 9.17) is 4.11 Å². The van der Waals surface area contributed by atoms with Crippen molar-refractivity contribution in [1.29, 1.82) is 0 Å². The fourth-order valence-corrected chi connectivity index (χ4v) is 0.606. The largest absolute Gasteiger partial charge is 0.497 e. The summed E-state index contributed by atoms with van der Waals surface area (Å²) in [4.78, 5) is 0. The van der Waals surface area contributed by atoms with Crippen molar-refractivity contribution in [3.63, 3.8) is 0 Å². The zero-order valence-electron chi connectivity index (χ0n) is 8.22. The van der Waals surface area contributed by atoms with E-state index in [1.165, 1.54) is 0 Å². The number of hydrogen-bond donors (Lipinski definition) is 0. The monoisotopic (exact) mass is 125 g/mol. The van der Waals surface area contributed by atoms with Crippen LogP contribution in [0.3, 0.4) is 0 Å². The highest BCUT2D eigenvalue weighted by atomic mass is 16.5. The lowest BCUT2D eigenvalue weighted by Gasteiger charge is -1.97. The summed E-state index contributed by atoms with van der Waals surface area (Å²) < 4.78 is 25.2. The number of aryl methyl sites for hydroxylation is 1. The zero-order valence-corrected chi connectivity index (χ0v) is 5.22. The summed E-state index contributed by atoms with van der Waals surface area (Å²) in [5.74, 6) is 0.376. The van der Waals surface area contributed by atoms with Gasteiger partial charge in [-0.15, -0.1) is 0 Å². The molecule has 0 aromatic heterocycles. The van der Waals surface area contributed by atoms with E-state index in [-0.39, 0.29) is 0 Å². The van der Waals surface area contributed by atoms with Crippen LogP contribution in [0.4, 0.5) is 0 Å². The first-order valence-electron chi connectivity index (χ1n) is 4.23. The topological polar surface area (TPSA) is 9.23 Å². The van der Waals surface area contributed by atoms with Crippen molar-refractivity contribution in [2.45, 2.75) is 6.92 Å². The smallest absolute Gasteiger partial charge is 0.118 e. The molecule has 1 aromatic rings. The molecule has 1 rings (SSSR count). The molecule has 0 atom stereocenters. The lowest BCUT2D eigenvalue weighted by atomic mass is 10.2. The molecule has 0 spiro atoms. The second kappa shape index (κ2) is 2.53. The van der Waals surface area contributed by atoms with Gasteiger partial charge in [0.25, 0.3) is 0 Å². The Morgan fingerprint density at radius 3 is 2.56 bits per heavy atom. The molecular weight excluding hydrogens is 112 g/mol. The normalized spacial score (nSPS) is 15.4. The van der Waals surface area contributed by atoms with E-state index in [0.717, 1.165) is 5.56 Å². The predicted molar refractivity (Wildman–Crippen MR) is 37.7 cm³/mol. The minimum absolute atomic E-state index is 0.376. The SMILES string of the molecule is [2H]C([2H])([2H])Oc1ccc(C)cc1. The highest BCUT2D eigenvalue weighted by Gasteiger charge is 1.85. The van der Waals surface area contributed by atoms with Crippen LogP contribution in [0.5, 0.6) is 5.75 Å². The molecule has 0 aliphatic carbocycles. The molecule has 0 N–H and O–H groups in total. The van der Waals surface area contributed by atoms with Crippen LogP contribution in [0.1, 0.15) is 9.68 Å². The Bertz CT molecular complexity index is 250. The molecule has 1 aromatic carbocycles. The second-order valence-corrected chi connectivity index (χ2v) is 1.92. The van der Waals surface area contributed by atoms with Gasteiger partial charge in [-0.2, -0.15) is 0 Å². The van der Waals surface area contributed by atoms with Crippen LogP contribution in [0.25, 0.3) is 0 Å². The average molecular weight is 125 g/mol. The van der Waals surface area contributed by atoms with Gasteiger partial charge in [-0.1, -0.05) is 17.7 Å². The van der Waals surface area contributed by atoms with Gasteiger partial charge in [-0.3, -0.25) is 0 Å². The van der Waals surface area contributed by atoms with E-state index in [1.807, 2.05) is 6.92 Å². The highest BCUT2D eigenvalue weighted by Crippen LogP contribution is 2.09. The average Bonchev–Trinajstić information content (AvgIpc) is 1.91. The molecule has 0 bridgehead atoms. The van der Waals surface area contributed by atoms with Crippen molar-refractivity contribution in [3.8, 4) is 5.75 Å². The summed E-state index contributed by atoms with van der Waals surface area (Å²) in [6, 6.07) is 6.89. The van der Waals surface area contributed by atoms with Crippen LogP contribution in [0.2, 0.25) is 0 Å². The Kier molecular flexibility index (Phi) is 0.916. The number of hydrogen-bond acceptors (Lipinski definition) is 1. The molecule has 1 nitrogen and oxygen atoms in total. The molecule has 0 unspecified atom stereocenters. The molecule has 0 amide bonds. The summed E-state index contributed by atoms with van der Waals surface area (Å²) in [6.45, 7) is 1.93. The molecule has 0 heterocycles. The Balaban J connectivity index is 2.71. The predicted octanol–water partition coefficient (Wildman–Crippen LogP) is 2.00. The van der Waals surface area contributed by atoms with Gasteiger partial charge in [0.15, 0.2) is 0 Å². The van der Waals surface area contributed by atoms with Gasteiger partial charge in [0, 0.05) is 0 Å². The van der Waals surface area contributed by atoms with Crippen LogP contribution < -0.4 is 4.74 Å². The molecule has 0 aliphatic rings. The van der Waals surface area contributed by atoms with Crippen LogP contribution in [0, 0.1) is 6.92 Å². The van der Waals surface area contributed by atoms with E-state index in [9.17, 15) is 0 Å². The summed E-state index contributed by atoms with van der Waals surface area (Å²) in [5, 5.41) is 0. The van der Waals surface area contributed by atoms with Crippen molar-refractivity contribution < 1.29 is 8.85 Å². The summed E-state index contributed by atoms with van der Waals surface area (Å²) in [7, 11) is -2.35. The van der Waals surface area contributed by atoms with E-state index < -0.39 is 7.04 Å². The van der Waals surface area contributed by atoms with Crippen LogP contribution in [0.15, 0.2) is 24.3 Å². The molecule has 0 aliphatic heterocycles. The van der Waals surface area contributed by atoms with E-state index in [2.05, 4.69) is 4.74 Å². The third-order valence-corrected chi connectivity index (χ3v) is 1.14. The third-order valence-electron chi connectivity index (χ3n) is 1.14. The molecule has 9 heavy (non-hydrogen) atoms. The molecule has 0 fully saturated rings. The fraction of sp³-hybridized carbons (Fsp3) is 0.250. The van der Waals surface area contributed by atoms with E-state index in [0.29, 0.717) is 5.75 Å². The Labute approximate surface area is 59.5 Å². The highest BCUT2D eigenvalue weighted by molar-refractivity contribution is 5.25. The summed E-state index contributed by atoms with van der Waals surface area (Å²) in [6.07, 6.45) is 0. The zero-order chi connectivity index (χ0) is 9.19. The fourth-order valence-electron chi connectivity index (χ4n) is 0.606. The maximum atomic E-state index is 6.83. The molecule has 48 valence electrons. The first kappa shape index (κ1) is 3.25. The summed E-state index contributed by atoms with van der Waals surface area (Å²) in [5.41, 5.74) is 1.08. The van der Waals surface area contributed by atoms with Crippen molar-refractivity contribution in [2.75, 3.05) is 7.04 Å². The molecular formula is C8H10O. The Hall–Kier alpha value is -0.980. The third kappa shape index (κ3) is 1.46. The second-order valence-electron chi connectivity index (χ2n) is 1.92. The molecule has 1 heteroatoms. The van der Waals surface area contributed by atoms with Crippen LogP contribution in [-0.2, 0) is 0 Å². The molecule has 0 saturated carbocycles. The van der Waals surface area contributed by atoms with Crippen molar-refractivity contribution >= 4 is 0 Å². The summed E-state index contributed by atoms with van der Waals surface area (Å²) >= 11 is 0. The first-order valence-corrected chi connectivity index (χ1v) is 2.73. The van der Waals surface area contributed by atoms with Crippen LogP contribution in [-0.4, -0.2) is 7.04 Å². The lowest BCUT2D eigenvalue weighted by molar-refractivity contribution is 0.414. The van der Waals surface area contributed by atoms with Gasteiger partial charge in [-0.25, -0.2) is 0 Å². The number of ether oxygens (including phenoxy) is 1. The molecule has 0 radical (unpaired) electrons. The van der Waals surface area contributed by atoms with Crippen LogP contribution >= 0.6 is 0 Å². The van der Waals surface area contributed by atoms with E-state index in [1.54, 1.807) is 24.3 Å². The van der Waals surface area contributed by atoms with Gasteiger partial charge >= 0.3 is 0 Å². The van der Waals surface area contributed by atoms with Gasteiger partial charge in [0.1, 0.15) is 5.75 Å². The quantitative estimate of drug-likeness (QED) is 0.557. The van der Waals surface area contributed by atoms with Gasteiger partial charge in [0.2, 0.25) is 0 Å². The van der Waals surface area contributed by atoms with Crippen molar-refractivity contribution in [1.82, 2.24) is 0 Å². The maximum absolute atomic E-state index is 6.83. The number of benzene rings is 1. The molecule has 0 saturated heterocycles. The number of methoxy groups -OCH3 is 1. The Morgan fingerprint density at radius 2 is 2.00 bits per heavy atom. The lowest BCUT2D eigenvalue weighted by Crippen LogP contribution is -1.80. The standard InChI is InChI=1S/C8H10O/c1-7-3-5-8(9-2)6-4-7/h3-6H,1-2H3/i2D3.